The maximum atomic E-state index is 12.5. The Morgan fingerprint density at radius 1 is 1.47 bits per heavy atom. The van der Waals surface area contributed by atoms with E-state index in [1.807, 2.05) is 19.9 Å². The SMILES string of the molecule is CCNCc1ccc(S(=O)(=O)N(C)C(C)C2CC2)s1. The van der Waals surface area contributed by atoms with Crippen LogP contribution in [0.25, 0.3) is 0 Å². The fourth-order valence-corrected chi connectivity index (χ4v) is 5.01. The molecule has 1 aromatic heterocycles. The van der Waals surface area contributed by atoms with Gasteiger partial charge < -0.3 is 5.32 Å². The van der Waals surface area contributed by atoms with Gasteiger partial charge in [0.1, 0.15) is 4.21 Å². The van der Waals surface area contributed by atoms with Crippen LogP contribution in [0.15, 0.2) is 16.3 Å². The number of sulfonamides is 1. The lowest BCUT2D eigenvalue weighted by atomic mass is 10.2. The average molecular weight is 302 g/mol. The van der Waals surface area contributed by atoms with Crippen LogP contribution in [0.4, 0.5) is 0 Å². The molecule has 0 saturated heterocycles. The van der Waals surface area contributed by atoms with Crippen LogP contribution in [-0.2, 0) is 16.6 Å². The van der Waals surface area contributed by atoms with E-state index in [0.29, 0.717) is 10.1 Å². The molecule has 1 aromatic rings. The molecule has 1 fully saturated rings. The summed E-state index contributed by atoms with van der Waals surface area (Å²) in [5, 5.41) is 3.21. The van der Waals surface area contributed by atoms with E-state index < -0.39 is 10.0 Å². The summed E-state index contributed by atoms with van der Waals surface area (Å²) < 4.78 is 27.0. The van der Waals surface area contributed by atoms with E-state index in [4.69, 9.17) is 0 Å². The minimum Gasteiger partial charge on any atom is -0.312 e. The third kappa shape index (κ3) is 3.37. The van der Waals surface area contributed by atoms with Gasteiger partial charge in [0.15, 0.2) is 0 Å². The number of hydrogen-bond donors (Lipinski definition) is 1. The second-order valence-corrected chi connectivity index (χ2v) is 8.49. The van der Waals surface area contributed by atoms with Crippen LogP contribution in [-0.4, -0.2) is 32.4 Å². The highest BCUT2D eigenvalue weighted by Gasteiger charge is 2.36. The first-order valence-electron chi connectivity index (χ1n) is 6.74. The molecule has 1 atom stereocenters. The lowest BCUT2D eigenvalue weighted by Gasteiger charge is -2.23. The molecule has 1 N–H and O–H groups in total. The predicted molar refractivity (Wildman–Crippen MR) is 78.8 cm³/mol. The Hall–Kier alpha value is -0.430. The smallest absolute Gasteiger partial charge is 0.252 e. The van der Waals surface area contributed by atoms with Crippen molar-refractivity contribution in [1.82, 2.24) is 9.62 Å². The molecule has 0 amide bonds. The summed E-state index contributed by atoms with van der Waals surface area (Å²) in [6.45, 7) is 5.66. The second kappa shape index (κ2) is 5.91. The van der Waals surface area contributed by atoms with Crippen LogP contribution in [0.1, 0.15) is 31.6 Å². The maximum absolute atomic E-state index is 12.5. The third-order valence-corrected chi connectivity index (χ3v) is 7.19. The molecule has 1 saturated carbocycles. The molecule has 1 unspecified atom stereocenters. The van der Waals surface area contributed by atoms with Crippen molar-refractivity contribution in [1.29, 1.82) is 0 Å². The summed E-state index contributed by atoms with van der Waals surface area (Å²) >= 11 is 1.37. The Bertz CT molecular complexity index is 521. The minimum atomic E-state index is -3.32. The number of thiophene rings is 1. The maximum Gasteiger partial charge on any atom is 0.252 e. The van der Waals surface area contributed by atoms with Gasteiger partial charge >= 0.3 is 0 Å². The highest BCUT2D eigenvalue weighted by molar-refractivity contribution is 7.91. The Morgan fingerprint density at radius 2 is 2.16 bits per heavy atom. The first-order valence-corrected chi connectivity index (χ1v) is 9.00. The molecule has 108 valence electrons. The van der Waals surface area contributed by atoms with Crippen molar-refractivity contribution in [3.63, 3.8) is 0 Å². The Balaban J connectivity index is 2.11. The molecule has 2 rings (SSSR count). The van der Waals surface area contributed by atoms with Crippen molar-refractivity contribution in [2.24, 2.45) is 5.92 Å². The summed E-state index contributed by atoms with van der Waals surface area (Å²) in [5.41, 5.74) is 0. The normalized spacial score (nSPS) is 17.9. The minimum absolute atomic E-state index is 0.101. The quantitative estimate of drug-likeness (QED) is 0.840. The van der Waals surface area contributed by atoms with Crippen LogP contribution in [0.5, 0.6) is 0 Å². The summed E-state index contributed by atoms with van der Waals surface area (Å²) in [4.78, 5) is 1.06. The molecule has 0 aliphatic heterocycles. The lowest BCUT2D eigenvalue weighted by molar-refractivity contribution is 0.358. The summed E-state index contributed by atoms with van der Waals surface area (Å²) in [6.07, 6.45) is 2.30. The van der Waals surface area contributed by atoms with E-state index in [9.17, 15) is 8.42 Å². The molecule has 0 spiro atoms. The van der Waals surface area contributed by atoms with Crippen molar-refractivity contribution in [3.05, 3.63) is 17.0 Å². The zero-order chi connectivity index (χ0) is 14.0. The molecule has 19 heavy (non-hydrogen) atoms. The van der Waals surface area contributed by atoms with Crippen molar-refractivity contribution >= 4 is 21.4 Å². The Kier molecular flexibility index (Phi) is 4.66. The molecular weight excluding hydrogens is 280 g/mol. The van der Waals surface area contributed by atoms with E-state index in [-0.39, 0.29) is 6.04 Å². The van der Waals surface area contributed by atoms with Crippen LogP contribution in [0, 0.1) is 5.92 Å². The van der Waals surface area contributed by atoms with Gasteiger partial charge in [0.05, 0.1) is 0 Å². The molecule has 0 radical (unpaired) electrons. The van der Waals surface area contributed by atoms with Crippen LogP contribution in [0.3, 0.4) is 0 Å². The second-order valence-electron chi connectivity index (χ2n) is 5.10. The van der Waals surface area contributed by atoms with Gasteiger partial charge in [-0.05, 0) is 44.4 Å². The van der Waals surface area contributed by atoms with E-state index >= 15 is 0 Å². The fourth-order valence-electron chi connectivity index (χ4n) is 2.08. The zero-order valence-corrected chi connectivity index (χ0v) is 13.4. The van der Waals surface area contributed by atoms with Gasteiger partial charge in [-0.2, -0.15) is 4.31 Å². The average Bonchev–Trinajstić information content (AvgIpc) is 3.12. The summed E-state index contributed by atoms with van der Waals surface area (Å²) in [5.74, 6) is 0.543. The number of nitrogens with one attached hydrogen (secondary N) is 1. The molecule has 1 aliphatic rings. The predicted octanol–water partition coefficient (Wildman–Crippen LogP) is 2.28. The van der Waals surface area contributed by atoms with E-state index in [2.05, 4.69) is 5.32 Å². The zero-order valence-electron chi connectivity index (χ0n) is 11.7. The van der Waals surface area contributed by atoms with Crippen molar-refractivity contribution in [2.75, 3.05) is 13.6 Å². The molecule has 0 bridgehead atoms. The first kappa shape index (κ1) is 15.0. The van der Waals surface area contributed by atoms with Gasteiger partial charge in [-0.25, -0.2) is 8.42 Å². The molecule has 1 aliphatic carbocycles. The monoisotopic (exact) mass is 302 g/mol. The Morgan fingerprint density at radius 3 is 2.74 bits per heavy atom. The highest BCUT2D eigenvalue weighted by Crippen LogP contribution is 2.37. The van der Waals surface area contributed by atoms with Gasteiger partial charge in [-0.15, -0.1) is 11.3 Å². The number of nitrogens with zero attached hydrogens (tertiary/aromatic N) is 1. The van der Waals surface area contributed by atoms with E-state index in [1.165, 1.54) is 15.6 Å². The van der Waals surface area contributed by atoms with Gasteiger partial charge in [-0.1, -0.05) is 6.92 Å². The molecular formula is C13H22N2O2S2. The van der Waals surface area contributed by atoms with Crippen LogP contribution in [0.2, 0.25) is 0 Å². The fraction of sp³-hybridized carbons (Fsp3) is 0.692. The standard InChI is InChI=1S/C13H22N2O2S2/c1-4-14-9-12-7-8-13(18-12)19(16,17)15(3)10(2)11-5-6-11/h7-8,10-11,14H,4-6,9H2,1-3H3. The highest BCUT2D eigenvalue weighted by atomic mass is 32.2. The van der Waals surface area contributed by atoms with Gasteiger partial charge in [0.2, 0.25) is 0 Å². The number of hydrogen-bond acceptors (Lipinski definition) is 4. The Labute approximate surface area is 119 Å². The first-order chi connectivity index (χ1) is 8.96. The van der Waals surface area contributed by atoms with Gasteiger partial charge in [-0.3, -0.25) is 0 Å². The van der Waals surface area contributed by atoms with Crippen molar-refractivity contribution < 1.29 is 8.42 Å². The van der Waals surface area contributed by atoms with E-state index in [0.717, 1.165) is 30.8 Å². The lowest BCUT2D eigenvalue weighted by Crippen LogP contribution is -2.36. The van der Waals surface area contributed by atoms with Crippen molar-refractivity contribution in [3.8, 4) is 0 Å². The van der Waals surface area contributed by atoms with Crippen LogP contribution < -0.4 is 5.32 Å². The molecule has 1 heterocycles. The molecule has 0 aromatic carbocycles. The topological polar surface area (TPSA) is 49.4 Å². The van der Waals surface area contributed by atoms with Crippen molar-refractivity contribution in [2.45, 2.75) is 43.5 Å². The largest absolute Gasteiger partial charge is 0.312 e. The molecule has 4 nitrogen and oxygen atoms in total. The summed E-state index contributed by atoms with van der Waals surface area (Å²) in [7, 11) is -1.63. The van der Waals surface area contributed by atoms with E-state index in [1.54, 1.807) is 13.1 Å². The summed E-state index contributed by atoms with van der Waals surface area (Å²) in [6, 6.07) is 3.72. The van der Waals surface area contributed by atoms with Gasteiger partial charge in [0, 0.05) is 24.5 Å². The molecule has 6 heteroatoms. The van der Waals surface area contributed by atoms with Crippen LogP contribution >= 0.6 is 11.3 Å². The van der Waals surface area contributed by atoms with Gasteiger partial charge in [0.25, 0.3) is 10.0 Å². The third-order valence-electron chi connectivity index (χ3n) is 3.70. The number of rotatable bonds is 7.